The van der Waals surface area contributed by atoms with E-state index >= 15 is 0 Å². The van der Waals surface area contributed by atoms with Crippen LogP contribution in [0.15, 0.2) is 12.1 Å². The van der Waals surface area contributed by atoms with Gasteiger partial charge in [-0.2, -0.15) is 0 Å². The van der Waals surface area contributed by atoms with Crippen molar-refractivity contribution in [3.8, 4) is 0 Å². The lowest BCUT2D eigenvalue weighted by molar-refractivity contribution is 0.254. The van der Waals surface area contributed by atoms with Gasteiger partial charge in [0.1, 0.15) is 0 Å². The first-order valence-corrected chi connectivity index (χ1v) is 5.28. The molecule has 1 N–H and O–H groups in total. The third-order valence-corrected chi connectivity index (χ3v) is 3.57. The summed E-state index contributed by atoms with van der Waals surface area (Å²) in [5, 5.41) is 9.39. The highest BCUT2D eigenvalue weighted by atomic mass is 16.3. The van der Waals surface area contributed by atoms with Crippen LogP contribution in [0.2, 0.25) is 0 Å². The smallest absolute Gasteiger partial charge is 0.0528 e. The van der Waals surface area contributed by atoms with Crippen molar-refractivity contribution >= 4 is 0 Å². The first kappa shape index (κ1) is 9.72. The van der Waals surface area contributed by atoms with Gasteiger partial charge in [0.25, 0.3) is 0 Å². The number of aryl methyl sites for hydroxylation is 3. The van der Waals surface area contributed by atoms with Crippen LogP contribution in [0.5, 0.6) is 0 Å². The van der Waals surface area contributed by atoms with Gasteiger partial charge in [-0.05, 0) is 55.9 Å². The van der Waals surface area contributed by atoms with Gasteiger partial charge in [0, 0.05) is 5.41 Å². The SMILES string of the molecule is Cc1cc(C)c(C2(CO)CC2)cc1C. The third kappa shape index (κ3) is 1.36. The number of aliphatic hydroxyl groups excluding tert-OH is 1. The second-order valence-corrected chi connectivity index (χ2v) is 4.69. The van der Waals surface area contributed by atoms with Crippen molar-refractivity contribution < 1.29 is 5.11 Å². The van der Waals surface area contributed by atoms with E-state index in [0.29, 0.717) is 6.61 Å². The van der Waals surface area contributed by atoms with E-state index in [2.05, 4.69) is 32.9 Å². The Balaban J connectivity index is 2.49. The second-order valence-electron chi connectivity index (χ2n) is 4.69. The molecule has 1 fully saturated rings. The van der Waals surface area contributed by atoms with Crippen LogP contribution in [0.4, 0.5) is 0 Å². The molecular formula is C13H18O. The number of rotatable bonds is 2. The molecule has 1 aliphatic carbocycles. The predicted molar refractivity (Wildman–Crippen MR) is 58.7 cm³/mol. The van der Waals surface area contributed by atoms with Gasteiger partial charge in [0.2, 0.25) is 0 Å². The summed E-state index contributed by atoms with van der Waals surface area (Å²) < 4.78 is 0. The quantitative estimate of drug-likeness (QED) is 0.760. The van der Waals surface area contributed by atoms with Crippen molar-refractivity contribution in [3.05, 3.63) is 34.4 Å². The number of aliphatic hydroxyl groups is 1. The lowest BCUT2D eigenvalue weighted by Gasteiger charge is -2.17. The van der Waals surface area contributed by atoms with Crippen LogP contribution in [0.1, 0.15) is 35.1 Å². The average Bonchev–Trinajstić information content (AvgIpc) is 2.92. The van der Waals surface area contributed by atoms with Crippen molar-refractivity contribution in [3.63, 3.8) is 0 Å². The zero-order valence-electron chi connectivity index (χ0n) is 9.22. The molecule has 0 radical (unpaired) electrons. The van der Waals surface area contributed by atoms with Gasteiger partial charge in [-0.3, -0.25) is 0 Å². The van der Waals surface area contributed by atoms with E-state index in [1.165, 1.54) is 22.3 Å². The first-order chi connectivity index (χ1) is 6.59. The van der Waals surface area contributed by atoms with Gasteiger partial charge in [-0.15, -0.1) is 0 Å². The normalized spacial score (nSPS) is 18.3. The highest BCUT2D eigenvalue weighted by Gasteiger charge is 2.44. The molecule has 1 aromatic rings. The Bertz CT molecular complexity index is 362. The van der Waals surface area contributed by atoms with Gasteiger partial charge in [-0.1, -0.05) is 12.1 Å². The first-order valence-electron chi connectivity index (χ1n) is 5.28. The Hall–Kier alpha value is -0.820. The molecule has 0 spiro atoms. The Morgan fingerprint density at radius 2 is 1.64 bits per heavy atom. The van der Waals surface area contributed by atoms with E-state index < -0.39 is 0 Å². The van der Waals surface area contributed by atoms with Crippen LogP contribution in [0, 0.1) is 20.8 Å². The zero-order valence-corrected chi connectivity index (χ0v) is 9.22. The van der Waals surface area contributed by atoms with Crippen molar-refractivity contribution in [1.82, 2.24) is 0 Å². The number of benzene rings is 1. The molecule has 1 aliphatic rings. The monoisotopic (exact) mass is 190 g/mol. The zero-order chi connectivity index (χ0) is 10.3. The molecule has 0 aliphatic heterocycles. The van der Waals surface area contributed by atoms with Crippen LogP contribution in [-0.2, 0) is 5.41 Å². The van der Waals surface area contributed by atoms with E-state index in [-0.39, 0.29) is 5.41 Å². The number of hydrogen-bond acceptors (Lipinski definition) is 1. The largest absolute Gasteiger partial charge is 0.395 e. The van der Waals surface area contributed by atoms with E-state index in [1.807, 2.05) is 0 Å². The Kier molecular flexibility index (Phi) is 2.15. The standard InChI is InChI=1S/C13H18O/c1-9-6-11(3)12(7-10(9)2)13(8-14)4-5-13/h6-7,14H,4-5,8H2,1-3H3. The fourth-order valence-electron chi connectivity index (χ4n) is 2.20. The van der Waals surface area contributed by atoms with E-state index in [4.69, 9.17) is 0 Å². The Morgan fingerprint density at radius 3 is 2.14 bits per heavy atom. The summed E-state index contributed by atoms with van der Waals surface area (Å²) in [6.45, 7) is 6.74. The van der Waals surface area contributed by atoms with Gasteiger partial charge >= 0.3 is 0 Å². The highest BCUT2D eigenvalue weighted by Crippen LogP contribution is 2.49. The lowest BCUT2D eigenvalue weighted by Crippen LogP contribution is -2.14. The van der Waals surface area contributed by atoms with Crippen LogP contribution in [-0.4, -0.2) is 11.7 Å². The minimum atomic E-state index is 0.114. The topological polar surface area (TPSA) is 20.2 Å². The molecular weight excluding hydrogens is 172 g/mol. The van der Waals surface area contributed by atoms with Crippen LogP contribution < -0.4 is 0 Å². The summed E-state index contributed by atoms with van der Waals surface area (Å²) in [4.78, 5) is 0. The molecule has 0 heterocycles. The molecule has 0 atom stereocenters. The summed E-state index contributed by atoms with van der Waals surface area (Å²) in [6.07, 6.45) is 2.29. The molecule has 14 heavy (non-hydrogen) atoms. The number of hydrogen-bond donors (Lipinski definition) is 1. The molecule has 1 nitrogen and oxygen atoms in total. The second kappa shape index (κ2) is 3.09. The molecule has 0 aromatic heterocycles. The van der Waals surface area contributed by atoms with Gasteiger partial charge < -0.3 is 5.11 Å². The summed E-state index contributed by atoms with van der Waals surface area (Å²) in [7, 11) is 0. The van der Waals surface area contributed by atoms with Gasteiger partial charge in [0.05, 0.1) is 6.61 Å². The maximum Gasteiger partial charge on any atom is 0.0528 e. The fraction of sp³-hybridized carbons (Fsp3) is 0.538. The summed E-state index contributed by atoms with van der Waals surface area (Å²) in [6, 6.07) is 4.49. The molecule has 1 heteroatoms. The van der Waals surface area contributed by atoms with E-state index in [9.17, 15) is 5.11 Å². The Labute approximate surface area is 85.8 Å². The fourth-order valence-corrected chi connectivity index (χ4v) is 2.20. The summed E-state index contributed by atoms with van der Waals surface area (Å²) >= 11 is 0. The van der Waals surface area contributed by atoms with Crippen molar-refractivity contribution in [2.75, 3.05) is 6.61 Å². The van der Waals surface area contributed by atoms with Gasteiger partial charge in [0.15, 0.2) is 0 Å². The third-order valence-electron chi connectivity index (χ3n) is 3.57. The Morgan fingerprint density at radius 1 is 1.07 bits per heavy atom. The predicted octanol–water partition coefficient (Wildman–Crippen LogP) is 2.64. The molecule has 0 unspecified atom stereocenters. The van der Waals surface area contributed by atoms with E-state index in [1.54, 1.807) is 0 Å². The molecule has 1 aromatic carbocycles. The van der Waals surface area contributed by atoms with Crippen LogP contribution in [0.3, 0.4) is 0 Å². The molecule has 0 bridgehead atoms. The van der Waals surface area contributed by atoms with Crippen molar-refractivity contribution in [2.24, 2.45) is 0 Å². The maximum atomic E-state index is 9.39. The van der Waals surface area contributed by atoms with Gasteiger partial charge in [-0.25, -0.2) is 0 Å². The molecule has 2 rings (SSSR count). The molecule has 76 valence electrons. The lowest BCUT2D eigenvalue weighted by atomic mass is 9.89. The molecule has 1 saturated carbocycles. The van der Waals surface area contributed by atoms with E-state index in [0.717, 1.165) is 12.8 Å². The maximum absolute atomic E-state index is 9.39. The van der Waals surface area contributed by atoms with Crippen LogP contribution >= 0.6 is 0 Å². The van der Waals surface area contributed by atoms with Crippen LogP contribution in [0.25, 0.3) is 0 Å². The minimum Gasteiger partial charge on any atom is -0.395 e. The highest BCUT2D eigenvalue weighted by molar-refractivity contribution is 5.43. The average molecular weight is 190 g/mol. The van der Waals surface area contributed by atoms with Crippen molar-refractivity contribution in [1.29, 1.82) is 0 Å². The summed E-state index contributed by atoms with van der Waals surface area (Å²) in [5.41, 5.74) is 5.50. The minimum absolute atomic E-state index is 0.114. The molecule has 0 amide bonds. The molecule has 0 saturated heterocycles. The van der Waals surface area contributed by atoms with Crippen molar-refractivity contribution in [2.45, 2.75) is 39.0 Å². The summed E-state index contributed by atoms with van der Waals surface area (Å²) in [5.74, 6) is 0.